The lowest BCUT2D eigenvalue weighted by Crippen LogP contribution is -2.22. The highest BCUT2D eigenvalue weighted by Crippen LogP contribution is 2.20. The summed E-state index contributed by atoms with van der Waals surface area (Å²) in [4.78, 5) is 17.1. The zero-order chi connectivity index (χ0) is 12.7. The van der Waals surface area contributed by atoms with Gasteiger partial charge < -0.3 is 10.6 Å². The van der Waals surface area contributed by atoms with Gasteiger partial charge in [-0.1, -0.05) is 0 Å². The molecule has 94 valence electrons. The molecule has 7 heteroatoms. The summed E-state index contributed by atoms with van der Waals surface area (Å²) in [5.41, 5.74) is 6.01. The van der Waals surface area contributed by atoms with Crippen molar-refractivity contribution >= 4 is 17.4 Å². The van der Waals surface area contributed by atoms with Gasteiger partial charge in [0.15, 0.2) is 5.65 Å². The Morgan fingerprint density at radius 3 is 3.00 bits per heavy atom. The maximum absolute atomic E-state index is 13.2. The Bertz CT molecular complexity index is 610. The van der Waals surface area contributed by atoms with Crippen molar-refractivity contribution in [1.82, 2.24) is 14.6 Å². The van der Waals surface area contributed by atoms with E-state index in [2.05, 4.69) is 10.1 Å². The first-order valence-electron chi connectivity index (χ1n) is 5.69. The quantitative estimate of drug-likeness (QED) is 0.834. The zero-order valence-electron chi connectivity index (χ0n) is 9.58. The van der Waals surface area contributed by atoms with E-state index in [-0.39, 0.29) is 5.69 Å². The normalized spacial score (nSPS) is 19.6. The van der Waals surface area contributed by atoms with E-state index in [1.807, 2.05) is 4.90 Å². The van der Waals surface area contributed by atoms with Crippen molar-refractivity contribution in [2.24, 2.45) is 5.73 Å². The Balaban J connectivity index is 2.04. The molecule has 3 rings (SSSR count). The van der Waals surface area contributed by atoms with Gasteiger partial charge in [-0.3, -0.25) is 4.79 Å². The fourth-order valence-corrected chi connectivity index (χ4v) is 2.13. The predicted molar refractivity (Wildman–Crippen MR) is 63.2 cm³/mol. The lowest BCUT2D eigenvalue weighted by Gasteiger charge is -2.15. The maximum Gasteiger partial charge on any atom is 0.269 e. The molecule has 1 aliphatic rings. The molecular weight excluding hydrogens is 237 g/mol. The van der Waals surface area contributed by atoms with Gasteiger partial charge in [-0.15, -0.1) is 5.10 Å². The highest BCUT2D eigenvalue weighted by molar-refractivity contribution is 5.91. The number of fused-ring (bicyclic) bond motifs is 1. The van der Waals surface area contributed by atoms with Crippen molar-refractivity contribution in [3.05, 3.63) is 24.0 Å². The van der Waals surface area contributed by atoms with E-state index in [1.54, 1.807) is 12.1 Å². The van der Waals surface area contributed by atoms with E-state index < -0.39 is 12.1 Å². The Labute approximate surface area is 102 Å². The molecule has 0 bridgehead atoms. The molecule has 0 aliphatic carbocycles. The van der Waals surface area contributed by atoms with Crippen molar-refractivity contribution in [1.29, 1.82) is 0 Å². The van der Waals surface area contributed by atoms with Crippen molar-refractivity contribution in [3.63, 3.8) is 0 Å². The summed E-state index contributed by atoms with van der Waals surface area (Å²) in [6.45, 7) is 0.958. The molecule has 1 amide bonds. The van der Waals surface area contributed by atoms with Gasteiger partial charge in [0.1, 0.15) is 17.7 Å². The van der Waals surface area contributed by atoms with Crippen LogP contribution in [0.5, 0.6) is 0 Å². The Kier molecular flexibility index (Phi) is 2.39. The second kappa shape index (κ2) is 3.94. The molecule has 1 atom stereocenters. The number of carbonyl (C=O) groups excluding carboxylic acids is 1. The van der Waals surface area contributed by atoms with Gasteiger partial charge >= 0.3 is 0 Å². The van der Waals surface area contributed by atoms with Crippen LogP contribution in [0.4, 0.5) is 10.2 Å². The number of halogens is 1. The average Bonchev–Trinajstić information content (AvgIpc) is 2.93. The SMILES string of the molecule is NC(=O)c1cnc2ccc(N3CC[C@H](F)C3)nn12. The van der Waals surface area contributed by atoms with E-state index in [0.29, 0.717) is 31.0 Å². The second-order valence-electron chi connectivity index (χ2n) is 4.30. The molecule has 0 radical (unpaired) electrons. The zero-order valence-corrected chi connectivity index (χ0v) is 9.58. The minimum Gasteiger partial charge on any atom is -0.364 e. The number of imidazole rings is 1. The predicted octanol–water partition coefficient (Wildman–Crippen LogP) is 0.376. The minimum atomic E-state index is -0.819. The van der Waals surface area contributed by atoms with E-state index >= 15 is 0 Å². The topological polar surface area (TPSA) is 76.5 Å². The number of carbonyl (C=O) groups is 1. The first-order chi connectivity index (χ1) is 8.65. The van der Waals surface area contributed by atoms with Crippen LogP contribution in [0.3, 0.4) is 0 Å². The van der Waals surface area contributed by atoms with Gasteiger partial charge in [-0.05, 0) is 18.6 Å². The summed E-state index contributed by atoms with van der Waals surface area (Å²) in [7, 11) is 0. The van der Waals surface area contributed by atoms with Crippen LogP contribution in [0.2, 0.25) is 0 Å². The average molecular weight is 249 g/mol. The number of aromatic nitrogens is 3. The van der Waals surface area contributed by atoms with Crippen LogP contribution in [0, 0.1) is 0 Å². The number of primary amides is 1. The molecule has 18 heavy (non-hydrogen) atoms. The van der Waals surface area contributed by atoms with E-state index in [1.165, 1.54) is 10.7 Å². The number of anilines is 1. The van der Waals surface area contributed by atoms with Gasteiger partial charge in [-0.2, -0.15) is 0 Å². The van der Waals surface area contributed by atoms with Gasteiger partial charge in [0.05, 0.1) is 12.7 Å². The summed E-state index contributed by atoms with van der Waals surface area (Å²) < 4.78 is 14.6. The second-order valence-corrected chi connectivity index (χ2v) is 4.30. The fraction of sp³-hybridized carbons (Fsp3) is 0.364. The molecule has 1 aliphatic heterocycles. The smallest absolute Gasteiger partial charge is 0.269 e. The molecular formula is C11H12FN5O. The van der Waals surface area contributed by atoms with Gasteiger partial charge in [0.2, 0.25) is 0 Å². The monoisotopic (exact) mass is 249 g/mol. The summed E-state index contributed by atoms with van der Waals surface area (Å²) in [6, 6.07) is 3.51. The van der Waals surface area contributed by atoms with Crippen LogP contribution in [0.25, 0.3) is 5.65 Å². The largest absolute Gasteiger partial charge is 0.364 e. The Morgan fingerprint density at radius 1 is 1.50 bits per heavy atom. The molecule has 0 unspecified atom stereocenters. The van der Waals surface area contributed by atoms with E-state index in [0.717, 1.165) is 0 Å². The van der Waals surface area contributed by atoms with Crippen molar-refractivity contribution in [2.45, 2.75) is 12.6 Å². The van der Waals surface area contributed by atoms with Crippen LogP contribution < -0.4 is 10.6 Å². The van der Waals surface area contributed by atoms with Crippen molar-refractivity contribution in [3.8, 4) is 0 Å². The molecule has 6 nitrogen and oxygen atoms in total. The fourth-order valence-electron chi connectivity index (χ4n) is 2.13. The van der Waals surface area contributed by atoms with Crippen LogP contribution in [0.1, 0.15) is 16.9 Å². The number of hydrogen-bond donors (Lipinski definition) is 1. The molecule has 2 aromatic rings. The molecule has 0 aromatic carbocycles. The number of nitrogens with two attached hydrogens (primary N) is 1. The molecule has 0 saturated carbocycles. The van der Waals surface area contributed by atoms with Gasteiger partial charge in [0, 0.05) is 6.54 Å². The number of nitrogens with zero attached hydrogens (tertiary/aromatic N) is 4. The van der Waals surface area contributed by atoms with Crippen LogP contribution >= 0.6 is 0 Å². The van der Waals surface area contributed by atoms with Crippen molar-refractivity contribution in [2.75, 3.05) is 18.0 Å². The van der Waals surface area contributed by atoms with Gasteiger partial charge in [0.25, 0.3) is 5.91 Å². The number of amides is 1. The van der Waals surface area contributed by atoms with Crippen LogP contribution in [-0.4, -0.2) is 39.8 Å². The molecule has 2 aromatic heterocycles. The number of hydrogen-bond acceptors (Lipinski definition) is 4. The molecule has 3 heterocycles. The first kappa shape index (κ1) is 10.9. The maximum atomic E-state index is 13.2. The number of rotatable bonds is 2. The van der Waals surface area contributed by atoms with Crippen LogP contribution in [-0.2, 0) is 0 Å². The van der Waals surface area contributed by atoms with Crippen molar-refractivity contribution < 1.29 is 9.18 Å². The summed E-state index contributed by atoms with van der Waals surface area (Å²) in [5.74, 6) is 0.0417. The summed E-state index contributed by atoms with van der Waals surface area (Å²) in [6.07, 6.45) is 1.07. The van der Waals surface area contributed by atoms with E-state index in [4.69, 9.17) is 5.73 Å². The Morgan fingerprint density at radius 2 is 2.33 bits per heavy atom. The minimum absolute atomic E-state index is 0.225. The first-order valence-corrected chi connectivity index (χ1v) is 5.69. The lowest BCUT2D eigenvalue weighted by molar-refractivity contribution is 0.0993. The summed E-state index contributed by atoms with van der Waals surface area (Å²) in [5, 5.41) is 4.29. The Hall–Kier alpha value is -2.18. The molecule has 0 spiro atoms. The standard InChI is InChI=1S/C11H12FN5O/c12-7-3-4-16(6-7)10-2-1-9-14-5-8(11(13)18)17(9)15-10/h1-2,5,7H,3-4,6H2,(H2,13,18)/t7-/m0/s1. The van der Waals surface area contributed by atoms with Crippen LogP contribution in [0.15, 0.2) is 18.3 Å². The lowest BCUT2D eigenvalue weighted by atomic mass is 10.3. The van der Waals surface area contributed by atoms with E-state index in [9.17, 15) is 9.18 Å². The molecule has 1 saturated heterocycles. The highest BCUT2D eigenvalue weighted by atomic mass is 19.1. The highest BCUT2D eigenvalue weighted by Gasteiger charge is 2.23. The third kappa shape index (κ3) is 1.68. The molecule has 2 N–H and O–H groups in total. The summed E-state index contributed by atoms with van der Waals surface area (Å²) >= 11 is 0. The molecule has 1 fully saturated rings. The number of alkyl halides is 1. The van der Waals surface area contributed by atoms with Gasteiger partial charge in [-0.25, -0.2) is 13.9 Å². The third-order valence-corrected chi connectivity index (χ3v) is 3.06. The third-order valence-electron chi connectivity index (χ3n) is 3.06.